The molecule has 1 atom stereocenters. The molecule has 72 valence electrons. The zero-order valence-corrected chi connectivity index (χ0v) is 8.11. The van der Waals surface area contributed by atoms with Crippen molar-refractivity contribution in [1.82, 2.24) is 0 Å². The summed E-state index contributed by atoms with van der Waals surface area (Å²) in [7, 11) is 0. The van der Waals surface area contributed by atoms with Gasteiger partial charge in [-0.15, -0.1) is 0 Å². The zero-order valence-electron chi connectivity index (χ0n) is 8.11. The van der Waals surface area contributed by atoms with E-state index in [-0.39, 0.29) is 5.76 Å². The van der Waals surface area contributed by atoms with E-state index in [0.717, 1.165) is 18.4 Å². The molecule has 2 rings (SSSR count). The van der Waals surface area contributed by atoms with Gasteiger partial charge >= 0.3 is 0 Å². The van der Waals surface area contributed by atoms with Gasteiger partial charge in [-0.2, -0.15) is 0 Å². The van der Waals surface area contributed by atoms with Crippen molar-refractivity contribution in [2.75, 3.05) is 0 Å². The molecular formula is C13H14O. The Hall–Kier alpha value is -1.50. The SMILES string of the molecule is C=C(O)C1=CC2C=C(C=CCC2)C=C1. The number of fused-ring (bicyclic) bond motifs is 1. The van der Waals surface area contributed by atoms with E-state index in [4.69, 9.17) is 0 Å². The van der Waals surface area contributed by atoms with Crippen molar-refractivity contribution in [3.05, 3.63) is 59.9 Å². The second-order valence-corrected chi connectivity index (χ2v) is 3.71. The maximum absolute atomic E-state index is 9.34. The van der Waals surface area contributed by atoms with E-state index in [1.54, 1.807) is 0 Å². The molecular weight excluding hydrogens is 172 g/mol. The predicted octanol–water partition coefficient (Wildman–Crippen LogP) is 3.45. The summed E-state index contributed by atoms with van der Waals surface area (Å²) in [6.45, 7) is 3.55. The molecule has 0 amide bonds. The maximum Gasteiger partial charge on any atom is 0.115 e. The third-order valence-corrected chi connectivity index (χ3v) is 2.57. The van der Waals surface area contributed by atoms with Crippen LogP contribution in [0.3, 0.4) is 0 Å². The van der Waals surface area contributed by atoms with Gasteiger partial charge in [-0.05, 0) is 24.3 Å². The molecule has 0 saturated carbocycles. The van der Waals surface area contributed by atoms with Gasteiger partial charge in [0.15, 0.2) is 0 Å². The highest BCUT2D eigenvalue weighted by Gasteiger charge is 2.10. The smallest absolute Gasteiger partial charge is 0.115 e. The number of aliphatic hydroxyl groups is 1. The van der Waals surface area contributed by atoms with E-state index in [0.29, 0.717) is 5.92 Å². The molecule has 0 heterocycles. The highest BCUT2D eigenvalue weighted by molar-refractivity contribution is 5.45. The second kappa shape index (κ2) is 3.70. The molecule has 2 bridgehead atoms. The number of allylic oxidation sites excluding steroid dienone is 7. The topological polar surface area (TPSA) is 20.2 Å². The first kappa shape index (κ1) is 9.07. The highest BCUT2D eigenvalue weighted by Crippen LogP contribution is 2.25. The molecule has 2 aliphatic carbocycles. The van der Waals surface area contributed by atoms with Gasteiger partial charge in [0.1, 0.15) is 5.76 Å². The highest BCUT2D eigenvalue weighted by atomic mass is 16.3. The van der Waals surface area contributed by atoms with E-state index in [9.17, 15) is 5.11 Å². The molecule has 1 unspecified atom stereocenters. The van der Waals surface area contributed by atoms with E-state index >= 15 is 0 Å². The van der Waals surface area contributed by atoms with Crippen molar-refractivity contribution >= 4 is 0 Å². The Morgan fingerprint density at radius 2 is 2.14 bits per heavy atom. The Morgan fingerprint density at radius 1 is 1.29 bits per heavy atom. The summed E-state index contributed by atoms with van der Waals surface area (Å²) in [5, 5.41) is 9.34. The Balaban J connectivity index is 2.34. The van der Waals surface area contributed by atoms with Gasteiger partial charge in [-0.25, -0.2) is 0 Å². The lowest BCUT2D eigenvalue weighted by Gasteiger charge is -2.05. The minimum atomic E-state index is 0.158. The summed E-state index contributed by atoms with van der Waals surface area (Å²) in [4.78, 5) is 0. The first-order valence-corrected chi connectivity index (χ1v) is 4.92. The largest absolute Gasteiger partial charge is 0.508 e. The second-order valence-electron chi connectivity index (χ2n) is 3.71. The van der Waals surface area contributed by atoms with Crippen molar-refractivity contribution in [2.24, 2.45) is 5.92 Å². The summed E-state index contributed by atoms with van der Waals surface area (Å²) in [6, 6.07) is 0. The molecule has 1 heteroatoms. The molecule has 0 aromatic rings. The Labute approximate surface area is 84.5 Å². The quantitative estimate of drug-likeness (QED) is 0.622. The minimum absolute atomic E-state index is 0.158. The van der Waals surface area contributed by atoms with Crippen molar-refractivity contribution in [3.8, 4) is 0 Å². The van der Waals surface area contributed by atoms with Crippen molar-refractivity contribution in [3.63, 3.8) is 0 Å². The van der Waals surface area contributed by atoms with Crippen LogP contribution < -0.4 is 0 Å². The van der Waals surface area contributed by atoms with Crippen LogP contribution in [-0.2, 0) is 0 Å². The van der Waals surface area contributed by atoms with Crippen LogP contribution in [0.1, 0.15) is 12.8 Å². The number of hydrogen-bond acceptors (Lipinski definition) is 1. The molecule has 1 N–H and O–H groups in total. The van der Waals surface area contributed by atoms with Gasteiger partial charge in [0.25, 0.3) is 0 Å². The molecule has 0 fully saturated rings. The van der Waals surface area contributed by atoms with Crippen molar-refractivity contribution in [2.45, 2.75) is 12.8 Å². The van der Waals surface area contributed by atoms with Crippen molar-refractivity contribution in [1.29, 1.82) is 0 Å². The number of aliphatic hydroxyl groups excluding tert-OH is 1. The van der Waals surface area contributed by atoms with Gasteiger partial charge < -0.3 is 5.11 Å². The van der Waals surface area contributed by atoms with Gasteiger partial charge in [0.05, 0.1) is 0 Å². The van der Waals surface area contributed by atoms with Crippen LogP contribution in [-0.4, -0.2) is 5.11 Å². The Bertz CT molecular complexity index is 367. The number of hydrogen-bond donors (Lipinski definition) is 1. The molecule has 0 aliphatic heterocycles. The Kier molecular flexibility index (Phi) is 2.40. The van der Waals surface area contributed by atoms with Crippen LogP contribution >= 0.6 is 0 Å². The fraction of sp³-hybridized carbons (Fsp3) is 0.231. The molecule has 1 nitrogen and oxygen atoms in total. The molecule has 0 saturated heterocycles. The first-order chi connectivity index (χ1) is 6.75. The van der Waals surface area contributed by atoms with E-state index in [2.05, 4.69) is 30.9 Å². The van der Waals surface area contributed by atoms with Crippen molar-refractivity contribution < 1.29 is 5.11 Å². The lowest BCUT2D eigenvalue weighted by Crippen LogP contribution is -1.93. The fourth-order valence-corrected chi connectivity index (χ4v) is 1.80. The first-order valence-electron chi connectivity index (χ1n) is 4.92. The van der Waals surface area contributed by atoms with Crippen LogP contribution in [0.15, 0.2) is 59.9 Å². The standard InChI is InChI=1S/C13H14O/c1-10(14)13-7-6-11-4-2-3-5-12(8-11)9-13/h2,4,6-9,12,14H,1,3,5H2. The van der Waals surface area contributed by atoms with E-state index < -0.39 is 0 Å². The maximum atomic E-state index is 9.34. The summed E-state index contributed by atoms with van der Waals surface area (Å²) >= 11 is 0. The molecule has 0 radical (unpaired) electrons. The third-order valence-electron chi connectivity index (χ3n) is 2.57. The van der Waals surface area contributed by atoms with Crippen LogP contribution in [0.4, 0.5) is 0 Å². The monoisotopic (exact) mass is 186 g/mol. The predicted molar refractivity (Wildman–Crippen MR) is 58.9 cm³/mol. The van der Waals surface area contributed by atoms with E-state index in [1.165, 1.54) is 5.57 Å². The van der Waals surface area contributed by atoms with E-state index in [1.807, 2.05) is 12.2 Å². The summed E-state index contributed by atoms with van der Waals surface area (Å²) < 4.78 is 0. The summed E-state index contributed by atoms with van der Waals surface area (Å²) in [5.41, 5.74) is 2.07. The normalized spacial score (nSPS) is 24.7. The van der Waals surface area contributed by atoms with Gasteiger partial charge in [-0.3, -0.25) is 0 Å². The molecule has 0 aromatic carbocycles. The molecule has 2 aliphatic rings. The molecule has 0 aromatic heterocycles. The lowest BCUT2D eigenvalue weighted by atomic mass is 10.0. The van der Waals surface area contributed by atoms with Gasteiger partial charge in [-0.1, -0.05) is 43.0 Å². The summed E-state index contributed by atoms with van der Waals surface area (Å²) in [5.74, 6) is 0.583. The number of rotatable bonds is 1. The average molecular weight is 186 g/mol. The van der Waals surface area contributed by atoms with Crippen LogP contribution in [0.5, 0.6) is 0 Å². The lowest BCUT2D eigenvalue weighted by molar-refractivity contribution is 0.428. The summed E-state index contributed by atoms with van der Waals surface area (Å²) in [6.07, 6.45) is 14.8. The van der Waals surface area contributed by atoms with Gasteiger partial charge in [0, 0.05) is 5.57 Å². The molecule has 0 spiro atoms. The van der Waals surface area contributed by atoms with Crippen LogP contribution in [0, 0.1) is 5.92 Å². The fourth-order valence-electron chi connectivity index (χ4n) is 1.80. The Morgan fingerprint density at radius 3 is 2.93 bits per heavy atom. The minimum Gasteiger partial charge on any atom is -0.508 e. The molecule has 14 heavy (non-hydrogen) atoms. The zero-order chi connectivity index (χ0) is 9.97. The van der Waals surface area contributed by atoms with Gasteiger partial charge in [0.2, 0.25) is 0 Å². The third kappa shape index (κ3) is 1.87. The van der Waals surface area contributed by atoms with Crippen LogP contribution in [0.25, 0.3) is 0 Å². The van der Waals surface area contributed by atoms with Crippen LogP contribution in [0.2, 0.25) is 0 Å². The average Bonchev–Trinajstić information content (AvgIpc) is 2.49.